The Hall–Kier alpha value is -3.32. The number of methoxy groups -OCH3 is 1. The number of urea groups is 1. The molecule has 0 atom stereocenters. The minimum Gasteiger partial charge on any atom is -0.495 e. The molecular formula is C18H16BrFN6O4S. The number of amides is 2. The summed E-state index contributed by atoms with van der Waals surface area (Å²) >= 11 is 3.07. The maximum atomic E-state index is 14.2. The molecule has 3 aromatic rings. The van der Waals surface area contributed by atoms with E-state index in [4.69, 9.17) is 4.74 Å². The van der Waals surface area contributed by atoms with Gasteiger partial charge in [0.05, 0.1) is 17.3 Å². The topological polar surface area (TPSA) is 126 Å². The van der Waals surface area contributed by atoms with Crippen molar-refractivity contribution in [3.8, 4) is 5.75 Å². The van der Waals surface area contributed by atoms with Gasteiger partial charge in [0.25, 0.3) is 10.0 Å². The number of hydrogen-bond donors (Lipinski definition) is 2. The Bertz CT molecular complexity index is 1200. The molecule has 0 aliphatic rings. The van der Waals surface area contributed by atoms with Crippen LogP contribution in [-0.2, 0) is 10.0 Å². The maximum Gasteiger partial charge on any atom is 0.327 e. The first-order chi connectivity index (χ1) is 14.8. The van der Waals surface area contributed by atoms with Crippen molar-refractivity contribution in [1.82, 2.24) is 20.3 Å². The van der Waals surface area contributed by atoms with E-state index in [0.717, 1.165) is 17.2 Å². The number of halogens is 2. The van der Waals surface area contributed by atoms with E-state index in [9.17, 15) is 17.6 Å². The Morgan fingerprint density at radius 2 is 1.90 bits per heavy atom. The zero-order chi connectivity index (χ0) is 22.6. The zero-order valence-electron chi connectivity index (χ0n) is 16.2. The zero-order valence-corrected chi connectivity index (χ0v) is 18.6. The van der Waals surface area contributed by atoms with Crippen LogP contribution in [0, 0.1) is 5.82 Å². The fourth-order valence-corrected chi connectivity index (χ4v) is 3.72. The molecule has 2 aromatic heterocycles. The third kappa shape index (κ3) is 4.88. The van der Waals surface area contributed by atoms with E-state index in [1.165, 1.54) is 44.8 Å². The summed E-state index contributed by atoms with van der Waals surface area (Å²) in [4.78, 5) is 25.1. The molecule has 162 valence electrons. The second-order valence-corrected chi connectivity index (χ2v) is 8.40. The van der Waals surface area contributed by atoms with Gasteiger partial charge in [0.15, 0.2) is 0 Å². The molecule has 0 aliphatic heterocycles. The first kappa shape index (κ1) is 22.4. The number of rotatable bonds is 6. The number of nitrogens with zero attached hydrogens (tertiary/aromatic N) is 4. The molecule has 2 amide bonds. The number of ether oxygens (including phenoxy) is 1. The number of sulfonamides is 1. The molecule has 0 unspecified atom stereocenters. The van der Waals surface area contributed by atoms with Crippen LogP contribution >= 0.6 is 15.9 Å². The van der Waals surface area contributed by atoms with Gasteiger partial charge in [-0.05, 0) is 40.2 Å². The molecule has 0 aliphatic carbocycles. The maximum absolute atomic E-state index is 14.2. The van der Waals surface area contributed by atoms with Crippen molar-refractivity contribution < 1.29 is 22.3 Å². The fraction of sp³-hybridized carbons (Fsp3) is 0.111. The molecule has 2 heterocycles. The van der Waals surface area contributed by atoms with Crippen molar-refractivity contribution in [1.29, 1.82) is 0 Å². The quantitative estimate of drug-likeness (QED) is 0.521. The van der Waals surface area contributed by atoms with Crippen LogP contribution in [0.3, 0.4) is 0 Å². The first-order valence-corrected chi connectivity index (χ1v) is 10.8. The number of nitrogens with one attached hydrogen (secondary N) is 2. The van der Waals surface area contributed by atoms with E-state index in [-0.39, 0.29) is 32.6 Å². The number of pyridine rings is 1. The summed E-state index contributed by atoms with van der Waals surface area (Å²) in [6.07, 6.45) is 3.83. The molecule has 0 saturated heterocycles. The Morgan fingerprint density at radius 1 is 1.19 bits per heavy atom. The minimum absolute atomic E-state index is 0.0364. The smallest absolute Gasteiger partial charge is 0.327 e. The van der Waals surface area contributed by atoms with E-state index >= 15 is 0 Å². The van der Waals surface area contributed by atoms with E-state index in [1.807, 2.05) is 0 Å². The fourth-order valence-electron chi connectivity index (χ4n) is 2.50. The van der Waals surface area contributed by atoms with Gasteiger partial charge in [0.2, 0.25) is 5.95 Å². The van der Waals surface area contributed by atoms with Crippen LogP contribution in [-0.4, -0.2) is 43.6 Å². The predicted molar refractivity (Wildman–Crippen MR) is 114 cm³/mol. The molecule has 2 N–H and O–H groups in total. The first-order valence-electron chi connectivity index (χ1n) is 8.57. The number of carbonyl (C=O) groups is 1. The van der Waals surface area contributed by atoms with Crippen LogP contribution < -0.4 is 19.7 Å². The molecule has 0 saturated carbocycles. The SMILES string of the molecule is CNC(=O)N(c1ccc(S(=O)(=O)Nc2ncccn2)cn1)c1cc(F)c(Br)cc1OC. The van der Waals surface area contributed by atoms with Crippen LogP contribution in [0.15, 0.2) is 58.3 Å². The molecule has 31 heavy (non-hydrogen) atoms. The predicted octanol–water partition coefficient (Wildman–Crippen LogP) is 3.06. The summed E-state index contributed by atoms with van der Waals surface area (Å²) < 4.78 is 46.9. The van der Waals surface area contributed by atoms with E-state index < -0.39 is 21.9 Å². The number of anilines is 3. The van der Waals surface area contributed by atoms with Gasteiger partial charge in [-0.25, -0.2) is 42.2 Å². The van der Waals surface area contributed by atoms with Crippen molar-refractivity contribution in [3.63, 3.8) is 0 Å². The average Bonchev–Trinajstić information content (AvgIpc) is 2.76. The summed E-state index contributed by atoms with van der Waals surface area (Å²) in [6, 6.07) is 5.90. The Labute approximate surface area is 185 Å². The summed E-state index contributed by atoms with van der Waals surface area (Å²) in [5, 5.41) is 2.44. The van der Waals surface area contributed by atoms with Crippen LogP contribution in [0.5, 0.6) is 5.75 Å². The van der Waals surface area contributed by atoms with Gasteiger partial charge in [-0.3, -0.25) is 0 Å². The number of hydrogen-bond acceptors (Lipinski definition) is 7. The lowest BCUT2D eigenvalue weighted by molar-refractivity contribution is 0.250. The van der Waals surface area contributed by atoms with Crippen LogP contribution in [0.1, 0.15) is 0 Å². The minimum atomic E-state index is -4.02. The van der Waals surface area contributed by atoms with Gasteiger partial charge >= 0.3 is 6.03 Å². The molecule has 0 radical (unpaired) electrons. The summed E-state index contributed by atoms with van der Waals surface area (Å²) in [5.74, 6) is -0.503. The highest BCUT2D eigenvalue weighted by Crippen LogP contribution is 2.37. The second-order valence-electron chi connectivity index (χ2n) is 5.86. The highest BCUT2D eigenvalue weighted by molar-refractivity contribution is 9.10. The molecule has 0 fully saturated rings. The third-order valence-electron chi connectivity index (χ3n) is 3.93. The largest absolute Gasteiger partial charge is 0.495 e. The van der Waals surface area contributed by atoms with Gasteiger partial charge in [0.1, 0.15) is 22.3 Å². The third-order valence-corrected chi connectivity index (χ3v) is 5.85. The van der Waals surface area contributed by atoms with Gasteiger partial charge < -0.3 is 10.1 Å². The van der Waals surface area contributed by atoms with E-state index in [1.54, 1.807) is 6.07 Å². The van der Waals surface area contributed by atoms with Crippen molar-refractivity contribution in [3.05, 3.63) is 59.2 Å². The molecule has 0 bridgehead atoms. The highest BCUT2D eigenvalue weighted by Gasteiger charge is 2.25. The van der Waals surface area contributed by atoms with Crippen molar-refractivity contribution in [2.45, 2.75) is 4.90 Å². The van der Waals surface area contributed by atoms with Crippen molar-refractivity contribution >= 4 is 49.4 Å². The van der Waals surface area contributed by atoms with Gasteiger partial charge in [-0.2, -0.15) is 0 Å². The highest BCUT2D eigenvalue weighted by atomic mass is 79.9. The Balaban J connectivity index is 2.00. The number of aromatic nitrogens is 3. The van der Waals surface area contributed by atoms with Crippen LogP contribution in [0.25, 0.3) is 0 Å². The van der Waals surface area contributed by atoms with Crippen LogP contribution in [0.2, 0.25) is 0 Å². The lowest BCUT2D eigenvalue weighted by atomic mass is 10.2. The normalized spacial score (nSPS) is 11.0. The van der Waals surface area contributed by atoms with Gasteiger partial charge in [-0.1, -0.05) is 0 Å². The monoisotopic (exact) mass is 510 g/mol. The second kappa shape index (κ2) is 9.22. The number of carbonyl (C=O) groups excluding carboxylic acids is 1. The standard InChI is InChI=1S/C18H16BrFN6O4S/c1-21-18(27)26(14-9-13(20)12(19)8-15(14)30-2)16-5-4-11(10-24-16)31(28,29)25-17-22-6-3-7-23-17/h3-10H,1-2H3,(H,21,27)(H,22,23,25). The van der Waals surface area contributed by atoms with Gasteiger partial charge in [-0.15, -0.1) is 0 Å². The van der Waals surface area contributed by atoms with Crippen molar-refractivity contribution in [2.75, 3.05) is 23.8 Å². The number of benzene rings is 1. The molecule has 10 nitrogen and oxygen atoms in total. The Morgan fingerprint density at radius 3 is 2.48 bits per heavy atom. The van der Waals surface area contributed by atoms with Gasteiger partial charge in [0, 0.05) is 31.7 Å². The molecular weight excluding hydrogens is 495 g/mol. The van der Waals surface area contributed by atoms with E-state index in [2.05, 4.69) is 40.9 Å². The summed E-state index contributed by atoms with van der Waals surface area (Å²) in [7, 11) is -1.26. The molecule has 3 rings (SSSR count). The summed E-state index contributed by atoms with van der Waals surface area (Å²) in [6.45, 7) is 0. The summed E-state index contributed by atoms with van der Waals surface area (Å²) in [5.41, 5.74) is 0.0708. The van der Waals surface area contributed by atoms with Crippen molar-refractivity contribution in [2.24, 2.45) is 0 Å². The van der Waals surface area contributed by atoms with E-state index in [0.29, 0.717) is 0 Å². The molecule has 13 heteroatoms. The lowest BCUT2D eigenvalue weighted by Gasteiger charge is -2.23. The Kier molecular flexibility index (Phi) is 6.65. The lowest BCUT2D eigenvalue weighted by Crippen LogP contribution is -2.35. The molecule has 0 spiro atoms. The molecule has 1 aromatic carbocycles. The average molecular weight is 511 g/mol. The van der Waals surface area contributed by atoms with Crippen LogP contribution in [0.4, 0.5) is 26.6 Å².